The van der Waals surface area contributed by atoms with E-state index in [9.17, 15) is 5.11 Å². The number of aryl methyl sites for hydroxylation is 1. The lowest BCUT2D eigenvalue weighted by molar-refractivity contribution is 0.124. The molecule has 6 heteroatoms. The monoisotopic (exact) mass is 279 g/mol. The molecular formula is C13H17N3O2S. The van der Waals surface area contributed by atoms with Gasteiger partial charge in [-0.1, -0.05) is 0 Å². The Hall–Kier alpha value is -1.24. The van der Waals surface area contributed by atoms with Gasteiger partial charge < -0.3 is 14.7 Å². The molecule has 1 N–H and O–H groups in total. The Kier molecular flexibility index (Phi) is 3.38. The molecule has 0 bridgehead atoms. The second kappa shape index (κ2) is 5.03. The van der Waals surface area contributed by atoms with E-state index in [4.69, 9.17) is 4.74 Å². The fourth-order valence-corrected chi connectivity index (χ4v) is 3.34. The van der Waals surface area contributed by atoms with Gasteiger partial charge in [0.1, 0.15) is 16.5 Å². The molecule has 1 fully saturated rings. The molecule has 2 aromatic heterocycles. The van der Waals surface area contributed by atoms with Crippen molar-refractivity contribution in [2.75, 3.05) is 24.7 Å². The average Bonchev–Trinajstić information content (AvgIpc) is 2.99. The summed E-state index contributed by atoms with van der Waals surface area (Å²) in [6.45, 7) is 5.70. The van der Waals surface area contributed by atoms with E-state index >= 15 is 0 Å². The highest BCUT2D eigenvalue weighted by atomic mass is 32.1. The number of ether oxygens (including phenoxy) is 1. The van der Waals surface area contributed by atoms with Crippen molar-refractivity contribution in [3.63, 3.8) is 0 Å². The lowest BCUT2D eigenvalue weighted by Gasteiger charge is -2.30. The first kappa shape index (κ1) is 12.8. The van der Waals surface area contributed by atoms with Crippen LogP contribution in [0.15, 0.2) is 11.4 Å². The molecule has 102 valence electrons. The minimum Gasteiger partial charge on any atom is -0.388 e. The van der Waals surface area contributed by atoms with E-state index in [2.05, 4.69) is 21.8 Å². The number of hydrogen-bond donors (Lipinski definition) is 1. The Balaban J connectivity index is 2.07. The normalized spacial score (nSPS) is 23.1. The predicted molar refractivity (Wildman–Crippen MR) is 75.8 cm³/mol. The number of hydrogen-bond acceptors (Lipinski definition) is 6. The van der Waals surface area contributed by atoms with Gasteiger partial charge in [0.25, 0.3) is 0 Å². The van der Waals surface area contributed by atoms with Gasteiger partial charge in [-0.3, -0.25) is 0 Å². The second-order valence-electron chi connectivity index (χ2n) is 4.69. The third-order valence-electron chi connectivity index (χ3n) is 3.45. The summed E-state index contributed by atoms with van der Waals surface area (Å²) in [5, 5.41) is 13.1. The molecule has 2 atom stereocenters. The van der Waals surface area contributed by atoms with Gasteiger partial charge in [-0.2, -0.15) is 0 Å². The first-order valence-corrected chi connectivity index (χ1v) is 7.33. The van der Waals surface area contributed by atoms with Gasteiger partial charge in [0.05, 0.1) is 30.7 Å². The van der Waals surface area contributed by atoms with E-state index in [-0.39, 0.29) is 6.04 Å². The van der Waals surface area contributed by atoms with Crippen molar-refractivity contribution in [1.29, 1.82) is 0 Å². The third-order valence-corrected chi connectivity index (χ3v) is 4.26. The zero-order chi connectivity index (χ0) is 13.4. The molecule has 0 radical (unpaired) electrons. The van der Waals surface area contributed by atoms with Crippen LogP contribution >= 0.6 is 11.3 Å². The van der Waals surface area contributed by atoms with Crippen LogP contribution in [0.3, 0.4) is 0 Å². The summed E-state index contributed by atoms with van der Waals surface area (Å²) in [5.41, 5.74) is 0. The Morgan fingerprint density at radius 2 is 2.32 bits per heavy atom. The molecule has 5 nitrogen and oxygen atoms in total. The van der Waals surface area contributed by atoms with Crippen molar-refractivity contribution < 1.29 is 9.84 Å². The van der Waals surface area contributed by atoms with E-state index in [0.717, 1.165) is 28.4 Å². The summed E-state index contributed by atoms with van der Waals surface area (Å²) in [4.78, 5) is 12.1. The van der Waals surface area contributed by atoms with Gasteiger partial charge >= 0.3 is 0 Å². The largest absolute Gasteiger partial charge is 0.388 e. The van der Waals surface area contributed by atoms with Crippen LogP contribution in [0.25, 0.3) is 10.2 Å². The molecule has 1 aliphatic heterocycles. The van der Waals surface area contributed by atoms with Crippen LogP contribution in [0, 0.1) is 6.92 Å². The van der Waals surface area contributed by atoms with Crippen molar-refractivity contribution in [2.45, 2.75) is 26.0 Å². The van der Waals surface area contributed by atoms with Crippen LogP contribution in [0.4, 0.5) is 5.82 Å². The average molecular weight is 279 g/mol. The maximum atomic E-state index is 10.0. The summed E-state index contributed by atoms with van der Waals surface area (Å²) in [6, 6.07) is 2.02. The van der Waals surface area contributed by atoms with E-state index in [1.165, 1.54) is 0 Å². The second-order valence-corrected chi connectivity index (χ2v) is 5.59. The minimum atomic E-state index is -0.455. The molecule has 0 aliphatic carbocycles. The molecule has 0 unspecified atom stereocenters. The summed E-state index contributed by atoms with van der Waals surface area (Å²) < 4.78 is 5.36. The molecular weight excluding hydrogens is 262 g/mol. The Morgan fingerprint density at radius 3 is 3.00 bits per heavy atom. The van der Waals surface area contributed by atoms with Gasteiger partial charge in [-0.25, -0.2) is 9.97 Å². The first-order valence-electron chi connectivity index (χ1n) is 6.45. The number of aromatic nitrogens is 2. The molecule has 1 aliphatic rings. The topological polar surface area (TPSA) is 58.5 Å². The first-order chi connectivity index (χ1) is 9.20. The molecule has 0 aromatic carbocycles. The predicted octanol–water partition coefficient (Wildman–Crippen LogP) is 1.59. The molecule has 19 heavy (non-hydrogen) atoms. The standard InChI is InChI=1S/C13H17N3O2S/c1-3-16(10-6-18-7-11(10)17)12-9-4-5-19-13(9)15-8(2)14-12/h4-5,10-11,17H,3,6-7H2,1-2H3/t10-,11-/m1/s1. The SMILES string of the molecule is CCN(c1nc(C)nc2sccc12)[C@@H]1COC[C@H]1O. The number of likely N-dealkylation sites (N-methyl/N-ethyl adjacent to an activating group) is 1. The van der Waals surface area contributed by atoms with Gasteiger partial charge in [0.2, 0.25) is 0 Å². The van der Waals surface area contributed by atoms with Crippen molar-refractivity contribution in [1.82, 2.24) is 9.97 Å². The number of rotatable bonds is 3. The summed E-state index contributed by atoms with van der Waals surface area (Å²) >= 11 is 1.62. The fraction of sp³-hybridized carbons (Fsp3) is 0.538. The van der Waals surface area contributed by atoms with Crippen molar-refractivity contribution in [3.8, 4) is 0 Å². The molecule has 1 saturated heterocycles. The molecule has 2 aromatic rings. The maximum Gasteiger partial charge on any atom is 0.141 e. The molecule has 0 spiro atoms. The Labute approximate surface area is 115 Å². The number of nitrogens with zero attached hydrogens (tertiary/aromatic N) is 3. The third kappa shape index (κ3) is 2.20. The number of fused-ring (bicyclic) bond motifs is 1. The van der Waals surface area contributed by atoms with E-state index in [0.29, 0.717) is 13.2 Å². The van der Waals surface area contributed by atoms with Crippen molar-refractivity contribution >= 4 is 27.4 Å². The highest BCUT2D eigenvalue weighted by Crippen LogP contribution is 2.30. The lowest BCUT2D eigenvalue weighted by atomic mass is 10.1. The summed E-state index contributed by atoms with van der Waals surface area (Å²) in [6.07, 6.45) is -0.455. The minimum absolute atomic E-state index is 0.0256. The Morgan fingerprint density at radius 1 is 1.47 bits per heavy atom. The molecule has 0 saturated carbocycles. The lowest BCUT2D eigenvalue weighted by Crippen LogP contribution is -2.43. The van der Waals surface area contributed by atoms with Gasteiger partial charge in [-0.15, -0.1) is 11.3 Å². The van der Waals surface area contributed by atoms with Crippen LogP contribution in [0.2, 0.25) is 0 Å². The summed E-state index contributed by atoms with van der Waals surface area (Å²) in [5.74, 6) is 1.66. The van der Waals surface area contributed by atoms with Gasteiger partial charge in [0, 0.05) is 6.54 Å². The number of aliphatic hydroxyl groups excluding tert-OH is 1. The number of anilines is 1. The van der Waals surface area contributed by atoms with E-state index in [1.807, 2.05) is 18.4 Å². The van der Waals surface area contributed by atoms with Crippen LogP contribution in [0.5, 0.6) is 0 Å². The van der Waals surface area contributed by atoms with Gasteiger partial charge in [-0.05, 0) is 25.3 Å². The quantitative estimate of drug-likeness (QED) is 0.924. The molecule has 0 amide bonds. The van der Waals surface area contributed by atoms with E-state index < -0.39 is 6.10 Å². The fourth-order valence-electron chi connectivity index (χ4n) is 2.53. The van der Waals surface area contributed by atoms with Crippen LogP contribution in [0.1, 0.15) is 12.7 Å². The van der Waals surface area contributed by atoms with Crippen molar-refractivity contribution in [2.24, 2.45) is 0 Å². The molecule has 3 rings (SSSR count). The Bertz CT molecular complexity index is 586. The van der Waals surface area contributed by atoms with Crippen LogP contribution in [-0.4, -0.2) is 47.0 Å². The zero-order valence-corrected chi connectivity index (χ0v) is 11.9. The summed E-state index contributed by atoms with van der Waals surface area (Å²) in [7, 11) is 0. The van der Waals surface area contributed by atoms with Crippen molar-refractivity contribution in [3.05, 3.63) is 17.3 Å². The van der Waals surface area contributed by atoms with Crippen LogP contribution in [-0.2, 0) is 4.74 Å². The zero-order valence-electron chi connectivity index (χ0n) is 11.0. The highest BCUT2D eigenvalue weighted by Gasteiger charge is 2.32. The number of thiophene rings is 1. The van der Waals surface area contributed by atoms with Gasteiger partial charge in [0.15, 0.2) is 0 Å². The van der Waals surface area contributed by atoms with Crippen LogP contribution < -0.4 is 4.90 Å². The van der Waals surface area contributed by atoms with E-state index in [1.54, 1.807) is 11.3 Å². The smallest absolute Gasteiger partial charge is 0.141 e. The number of aliphatic hydroxyl groups is 1. The highest BCUT2D eigenvalue weighted by molar-refractivity contribution is 7.16. The maximum absolute atomic E-state index is 10.0. The molecule has 3 heterocycles.